The maximum Gasteiger partial charge on any atom is 0.417 e. The maximum atomic E-state index is 12.6. The van der Waals surface area contributed by atoms with Crippen LogP contribution >= 0.6 is 0 Å². The van der Waals surface area contributed by atoms with Gasteiger partial charge in [0.25, 0.3) is 0 Å². The van der Waals surface area contributed by atoms with Gasteiger partial charge in [0, 0.05) is 0 Å². The monoisotopic (exact) mass is 255 g/mol. The molecule has 1 rings (SSSR count). The largest absolute Gasteiger partial charge is 0.417 e. The Hall–Kier alpha value is -2.56. The van der Waals surface area contributed by atoms with E-state index in [4.69, 9.17) is 16.7 Å². The number of nitriles is 1. The van der Waals surface area contributed by atoms with Crippen molar-refractivity contribution >= 4 is 12.2 Å². The predicted octanol–water partition coefficient (Wildman–Crippen LogP) is 1.18. The molecule has 0 aliphatic heterocycles. The van der Waals surface area contributed by atoms with Crippen LogP contribution in [0.25, 0.3) is 0 Å². The highest BCUT2D eigenvalue weighted by Gasteiger charge is 2.33. The number of hydrogen-bond acceptors (Lipinski definition) is 3. The van der Waals surface area contributed by atoms with Crippen LogP contribution in [0, 0.1) is 11.3 Å². The molecule has 0 saturated heterocycles. The van der Waals surface area contributed by atoms with Crippen LogP contribution in [-0.4, -0.2) is 12.2 Å². The lowest BCUT2D eigenvalue weighted by atomic mass is 10.0. The number of benzene rings is 1. The van der Waals surface area contributed by atoms with Gasteiger partial charge in [0.05, 0.1) is 23.4 Å². The number of hydrogen-bond donors (Lipinski definition) is 2. The Morgan fingerprint density at radius 2 is 2.00 bits per heavy atom. The molecular weight excluding hydrogens is 247 g/mol. The Balaban J connectivity index is 3.17. The van der Waals surface area contributed by atoms with Gasteiger partial charge in [0.1, 0.15) is 0 Å². The fraction of sp³-hybridized carbons (Fsp3) is 0.100. The summed E-state index contributed by atoms with van der Waals surface area (Å²) in [6.07, 6.45) is -3.55. The predicted molar refractivity (Wildman–Crippen MR) is 59.6 cm³/mol. The molecule has 0 aromatic heterocycles. The summed E-state index contributed by atoms with van der Waals surface area (Å²) in [6.45, 7) is 0. The summed E-state index contributed by atoms with van der Waals surface area (Å²) in [7, 11) is 0. The van der Waals surface area contributed by atoms with Gasteiger partial charge in [-0.05, 0) is 17.7 Å². The summed E-state index contributed by atoms with van der Waals surface area (Å²) in [5.74, 6) is -0.309. The van der Waals surface area contributed by atoms with E-state index in [1.807, 2.05) is 0 Å². The molecule has 8 heteroatoms. The molecule has 0 heterocycles. The summed E-state index contributed by atoms with van der Waals surface area (Å²) in [5, 5.41) is 15.2. The van der Waals surface area contributed by atoms with Crippen LogP contribution in [0.4, 0.5) is 13.2 Å². The van der Waals surface area contributed by atoms with Crippen molar-refractivity contribution in [1.29, 1.82) is 5.26 Å². The molecule has 1 aromatic carbocycles. The van der Waals surface area contributed by atoms with Crippen LogP contribution in [0.5, 0.6) is 0 Å². The first-order chi connectivity index (χ1) is 8.34. The van der Waals surface area contributed by atoms with Crippen LogP contribution in [0.1, 0.15) is 16.7 Å². The topological polar surface area (TPSA) is 101 Å². The van der Waals surface area contributed by atoms with Crippen LogP contribution in [0.3, 0.4) is 0 Å². The van der Waals surface area contributed by atoms with Crippen LogP contribution < -0.4 is 11.5 Å². The van der Waals surface area contributed by atoms with E-state index in [-0.39, 0.29) is 11.5 Å². The number of halogens is 3. The van der Waals surface area contributed by atoms with E-state index in [1.165, 1.54) is 12.1 Å². The van der Waals surface area contributed by atoms with Crippen molar-refractivity contribution in [3.63, 3.8) is 0 Å². The zero-order valence-corrected chi connectivity index (χ0v) is 8.94. The molecule has 94 valence electrons. The highest BCUT2D eigenvalue weighted by Crippen LogP contribution is 2.32. The van der Waals surface area contributed by atoms with E-state index in [0.717, 1.165) is 18.3 Å². The Morgan fingerprint density at radius 3 is 2.50 bits per heavy atom. The molecule has 0 aliphatic rings. The molecule has 0 fully saturated rings. The van der Waals surface area contributed by atoms with E-state index in [2.05, 4.69) is 10.2 Å². The summed E-state index contributed by atoms with van der Waals surface area (Å²) in [5.41, 5.74) is 8.63. The van der Waals surface area contributed by atoms with Crippen LogP contribution in [0.2, 0.25) is 0 Å². The van der Waals surface area contributed by atoms with Crippen molar-refractivity contribution in [2.75, 3.05) is 0 Å². The second kappa shape index (κ2) is 5.18. The van der Waals surface area contributed by atoms with E-state index in [9.17, 15) is 13.2 Å². The fourth-order valence-electron chi connectivity index (χ4n) is 1.14. The van der Waals surface area contributed by atoms with Gasteiger partial charge in [0.2, 0.25) is 5.96 Å². The molecule has 18 heavy (non-hydrogen) atoms. The van der Waals surface area contributed by atoms with Crippen molar-refractivity contribution in [2.24, 2.45) is 21.7 Å². The third kappa shape index (κ3) is 3.48. The van der Waals surface area contributed by atoms with Crippen LogP contribution in [0.15, 0.2) is 28.4 Å². The standard InChI is InChI=1S/C10H8F3N5/c11-10(12,13)8-3-6(1-2-7(8)4-14)5-17-18-9(15)16/h1-3,5H,(H4,15,16,18). The third-order valence-corrected chi connectivity index (χ3v) is 1.85. The molecule has 0 bridgehead atoms. The summed E-state index contributed by atoms with van der Waals surface area (Å²) in [6, 6.07) is 4.63. The highest BCUT2D eigenvalue weighted by molar-refractivity contribution is 5.82. The molecule has 0 atom stereocenters. The molecule has 0 spiro atoms. The Labute approximate surface area is 100 Å². The van der Waals surface area contributed by atoms with Crippen LogP contribution in [-0.2, 0) is 6.18 Å². The number of rotatable bonds is 2. The first kappa shape index (κ1) is 13.5. The van der Waals surface area contributed by atoms with E-state index >= 15 is 0 Å². The zero-order valence-electron chi connectivity index (χ0n) is 8.94. The van der Waals surface area contributed by atoms with Gasteiger partial charge >= 0.3 is 6.18 Å². The number of guanidine groups is 1. The minimum atomic E-state index is -4.61. The quantitative estimate of drug-likeness (QED) is 0.471. The highest BCUT2D eigenvalue weighted by atomic mass is 19.4. The van der Waals surface area contributed by atoms with Crippen molar-refractivity contribution in [2.45, 2.75) is 6.18 Å². The van der Waals surface area contributed by atoms with Gasteiger partial charge < -0.3 is 11.5 Å². The smallest absolute Gasteiger partial charge is 0.369 e. The van der Waals surface area contributed by atoms with E-state index in [0.29, 0.717) is 0 Å². The zero-order chi connectivity index (χ0) is 13.8. The second-order valence-corrected chi connectivity index (χ2v) is 3.18. The van der Waals surface area contributed by atoms with E-state index in [1.54, 1.807) is 0 Å². The first-order valence-corrected chi connectivity index (χ1v) is 4.58. The number of nitrogens with zero attached hydrogens (tertiary/aromatic N) is 3. The lowest BCUT2D eigenvalue weighted by molar-refractivity contribution is -0.137. The van der Waals surface area contributed by atoms with Gasteiger partial charge in [-0.3, -0.25) is 0 Å². The summed E-state index contributed by atoms with van der Waals surface area (Å²) >= 11 is 0. The normalized spacial score (nSPS) is 11.2. The first-order valence-electron chi connectivity index (χ1n) is 4.58. The SMILES string of the molecule is N#Cc1ccc(C=NN=C(N)N)cc1C(F)(F)F. The van der Waals surface area contributed by atoms with Gasteiger partial charge in [0.15, 0.2) is 0 Å². The minimum absolute atomic E-state index is 0.131. The molecule has 0 amide bonds. The third-order valence-electron chi connectivity index (χ3n) is 1.85. The van der Waals surface area contributed by atoms with Crippen molar-refractivity contribution in [1.82, 2.24) is 0 Å². The average molecular weight is 255 g/mol. The number of alkyl halides is 3. The molecular formula is C10H8F3N5. The molecule has 0 aliphatic carbocycles. The van der Waals surface area contributed by atoms with Crippen molar-refractivity contribution in [3.05, 3.63) is 34.9 Å². The minimum Gasteiger partial charge on any atom is -0.369 e. The Morgan fingerprint density at radius 1 is 1.33 bits per heavy atom. The lowest BCUT2D eigenvalue weighted by Gasteiger charge is -2.08. The molecule has 5 nitrogen and oxygen atoms in total. The maximum absolute atomic E-state index is 12.6. The molecule has 0 radical (unpaired) electrons. The molecule has 1 aromatic rings. The van der Waals surface area contributed by atoms with Crippen molar-refractivity contribution < 1.29 is 13.2 Å². The van der Waals surface area contributed by atoms with Gasteiger partial charge in [-0.1, -0.05) is 6.07 Å². The van der Waals surface area contributed by atoms with Crippen molar-refractivity contribution in [3.8, 4) is 6.07 Å². The Kier molecular flexibility index (Phi) is 3.89. The second-order valence-electron chi connectivity index (χ2n) is 3.18. The lowest BCUT2D eigenvalue weighted by Crippen LogP contribution is -2.21. The molecule has 4 N–H and O–H groups in total. The summed E-state index contributed by atoms with van der Waals surface area (Å²) < 4.78 is 37.8. The Bertz CT molecular complexity index is 535. The van der Waals surface area contributed by atoms with Gasteiger partial charge in [-0.25, -0.2) is 0 Å². The molecule has 0 saturated carbocycles. The number of nitrogens with two attached hydrogens (primary N) is 2. The average Bonchev–Trinajstić information content (AvgIpc) is 2.27. The van der Waals surface area contributed by atoms with E-state index < -0.39 is 17.3 Å². The van der Waals surface area contributed by atoms with Gasteiger partial charge in [-0.2, -0.15) is 23.5 Å². The van der Waals surface area contributed by atoms with Gasteiger partial charge in [-0.15, -0.1) is 5.10 Å². The molecule has 0 unspecified atom stereocenters. The fourth-order valence-corrected chi connectivity index (χ4v) is 1.14. The summed E-state index contributed by atoms with van der Waals surface area (Å²) in [4.78, 5) is 0.